The van der Waals surface area contributed by atoms with Gasteiger partial charge in [-0.1, -0.05) is 18.9 Å². The van der Waals surface area contributed by atoms with Crippen molar-refractivity contribution in [1.29, 1.82) is 0 Å². The van der Waals surface area contributed by atoms with Gasteiger partial charge >= 0.3 is 5.97 Å². The molecule has 10 nitrogen and oxygen atoms in total. The lowest BCUT2D eigenvalue weighted by atomic mass is 9.94. The number of carbonyl (C=O) groups excluding carboxylic acids is 1. The molecule has 1 aliphatic heterocycles. The van der Waals surface area contributed by atoms with Gasteiger partial charge in [-0.3, -0.25) is 0 Å². The summed E-state index contributed by atoms with van der Waals surface area (Å²) in [6.07, 6.45) is -3.17. The van der Waals surface area contributed by atoms with Crippen molar-refractivity contribution in [3.05, 3.63) is 29.8 Å². The largest absolute Gasteiger partial charge is 0.504 e. The average Bonchev–Trinajstić information content (AvgIpc) is 2.75. The van der Waals surface area contributed by atoms with Crippen molar-refractivity contribution in [2.75, 3.05) is 6.61 Å². The van der Waals surface area contributed by atoms with Crippen molar-refractivity contribution in [3.63, 3.8) is 0 Å². The number of phenols is 2. The number of ether oxygens (including phenoxy) is 3. The van der Waals surface area contributed by atoms with Crippen molar-refractivity contribution in [3.8, 4) is 11.5 Å². The number of aliphatic hydroxyl groups excluding tert-OH is 4. The molecule has 0 unspecified atom stereocenters. The fourth-order valence-corrected chi connectivity index (χ4v) is 3.68. The summed E-state index contributed by atoms with van der Waals surface area (Å²) in [5.74, 6) is -1.54. The van der Waals surface area contributed by atoms with E-state index in [0.29, 0.717) is 18.4 Å². The summed E-state index contributed by atoms with van der Waals surface area (Å²) in [7, 11) is 0. The van der Waals surface area contributed by atoms with Crippen LogP contribution in [0.25, 0.3) is 6.08 Å². The standard InChI is InChI=1S/C21H28O10/c22-10-16-18(27)19(28)20(21(30-16)29-15-4-2-1-3-13(15)24)31-17(26)8-6-11-5-7-12(23)14(25)9-11/h5-9,13,15-16,18-25,27-28H,1-4,10H2/t13-,15+,16-,18-,19+,20+,21-/m1/s1. The van der Waals surface area contributed by atoms with E-state index in [-0.39, 0.29) is 11.5 Å². The van der Waals surface area contributed by atoms with Gasteiger partial charge in [0.15, 0.2) is 23.9 Å². The number of hydrogen-bond acceptors (Lipinski definition) is 10. The number of aliphatic hydroxyl groups is 4. The van der Waals surface area contributed by atoms with Crippen LogP contribution in [0.3, 0.4) is 0 Å². The molecule has 3 rings (SSSR count). The van der Waals surface area contributed by atoms with Crippen molar-refractivity contribution >= 4 is 12.0 Å². The lowest BCUT2D eigenvalue weighted by molar-refractivity contribution is -0.320. The van der Waals surface area contributed by atoms with Crippen LogP contribution >= 0.6 is 0 Å². The summed E-state index contributed by atoms with van der Waals surface area (Å²) < 4.78 is 16.6. The molecule has 10 heteroatoms. The summed E-state index contributed by atoms with van der Waals surface area (Å²) >= 11 is 0. The number of carbonyl (C=O) groups is 1. The van der Waals surface area contributed by atoms with E-state index in [1.165, 1.54) is 24.3 Å². The fraction of sp³-hybridized carbons (Fsp3) is 0.571. The normalized spacial score (nSPS) is 34.0. The second kappa shape index (κ2) is 10.4. The molecule has 0 spiro atoms. The van der Waals surface area contributed by atoms with Gasteiger partial charge in [0.25, 0.3) is 0 Å². The minimum Gasteiger partial charge on any atom is -0.504 e. The molecule has 31 heavy (non-hydrogen) atoms. The van der Waals surface area contributed by atoms with Crippen LogP contribution in [0.15, 0.2) is 24.3 Å². The van der Waals surface area contributed by atoms with Gasteiger partial charge < -0.3 is 44.8 Å². The molecule has 1 saturated heterocycles. The van der Waals surface area contributed by atoms with Gasteiger partial charge in [0, 0.05) is 6.08 Å². The van der Waals surface area contributed by atoms with Gasteiger partial charge in [-0.2, -0.15) is 0 Å². The minimum absolute atomic E-state index is 0.306. The van der Waals surface area contributed by atoms with E-state index in [1.54, 1.807) is 0 Å². The van der Waals surface area contributed by atoms with Gasteiger partial charge in [0.2, 0.25) is 0 Å². The predicted octanol–water partition coefficient (Wildman–Crippen LogP) is -0.218. The molecule has 0 aromatic heterocycles. The van der Waals surface area contributed by atoms with Crippen LogP contribution in [0.1, 0.15) is 31.2 Å². The van der Waals surface area contributed by atoms with E-state index in [2.05, 4.69) is 0 Å². The minimum atomic E-state index is -1.59. The Balaban J connectivity index is 1.71. The lowest BCUT2D eigenvalue weighted by Crippen LogP contribution is -2.61. The Morgan fingerprint density at radius 3 is 2.52 bits per heavy atom. The van der Waals surface area contributed by atoms with Gasteiger partial charge in [-0.05, 0) is 36.6 Å². The van der Waals surface area contributed by atoms with Crippen LogP contribution in [0.5, 0.6) is 11.5 Å². The van der Waals surface area contributed by atoms with Crippen LogP contribution in [0.2, 0.25) is 0 Å². The monoisotopic (exact) mass is 440 g/mol. The lowest BCUT2D eigenvalue weighted by Gasteiger charge is -2.43. The molecule has 1 aromatic carbocycles. The van der Waals surface area contributed by atoms with E-state index in [9.17, 15) is 35.4 Å². The summed E-state index contributed by atoms with van der Waals surface area (Å²) in [5, 5.41) is 59.0. The quantitative estimate of drug-likeness (QED) is 0.198. The Labute approximate surface area is 178 Å². The van der Waals surface area contributed by atoms with Crippen molar-refractivity contribution < 1.29 is 49.6 Å². The summed E-state index contributed by atoms with van der Waals surface area (Å²) in [6, 6.07) is 3.96. The van der Waals surface area contributed by atoms with Crippen molar-refractivity contribution in [1.82, 2.24) is 0 Å². The van der Waals surface area contributed by atoms with Crippen LogP contribution in [0.4, 0.5) is 0 Å². The zero-order valence-electron chi connectivity index (χ0n) is 16.8. The maximum Gasteiger partial charge on any atom is 0.331 e. The van der Waals surface area contributed by atoms with E-state index in [4.69, 9.17) is 14.2 Å². The molecule has 2 aliphatic rings. The Hall–Kier alpha value is -2.21. The van der Waals surface area contributed by atoms with Crippen molar-refractivity contribution in [2.24, 2.45) is 0 Å². The zero-order chi connectivity index (χ0) is 22.5. The Kier molecular flexibility index (Phi) is 7.87. The number of aromatic hydroxyl groups is 2. The first-order chi connectivity index (χ1) is 14.8. The number of rotatable bonds is 6. The number of hydrogen-bond donors (Lipinski definition) is 6. The first kappa shape index (κ1) is 23.5. The average molecular weight is 440 g/mol. The maximum absolute atomic E-state index is 12.3. The molecule has 2 fully saturated rings. The number of benzene rings is 1. The Morgan fingerprint density at radius 1 is 1.10 bits per heavy atom. The van der Waals surface area contributed by atoms with Gasteiger partial charge in [-0.25, -0.2) is 4.79 Å². The topological polar surface area (TPSA) is 166 Å². The molecule has 1 aromatic rings. The van der Waals surface area contributed by atoms with Crippen LogP contribution in [0, 0.1) is 0 Å². The predicted molar refractivity (Wildman–Crippen MR) is 106 cm³/mol. The maximum atomic E-state index is 12.3. The SMILES string of the molecule is O=C(C=Cc1ccc(O)c(O)c1)O[C@@H]1[C@H](O[C@H]2CCCC[C@H]2O)O[C@H](CO)[C@@H](O)[C@@H]1O. The second-order valence-electron chi connectivity index (χ2n) is 7.72. The highest BCUT2D eigenvalue weighted by Gasteiger charge is 2.48. The van der Waals surface area contributed by atoms with E-state index < -0.39 is 55.5 Å². The zero-order valence-corrected chi connectivity index (χ0v) is 16.8. The van der Waals surface area contributed by atoms with E-state index >= 15 is 0 Å². The summed E-state index contributed by atoms with van der Waals surface area (Å²) in [4.78, 5) is 12.3. The first-order valence-electron chi connectivity index (χ1n) is 10.2. The highest BCUT2D eigenvalue weighted by atomic mass is 16.7. The second-order valence-corrected chi connectivity index (χ2v) is 7.72. The first-order valence-corrected chi connectivity index (χ1v) is 10.2. The molecule has 0 radical (unpaired) electrons. The van der Waals surface area contributed by atoms with Gasteiger partial charge in [0.05, 0.1) is 18.8 Å². The van der Waals surface area contributed by atoms with Crippen molar-refractivity contribution in [2.45, 2.75) is 68.6 Å². The van der Waals surface area contributed by atoms with Crippen LogP contribution in [-0.2, 0) is 19.0 Å². The molecule has 1 saturated carbocycles. The van der Waals surface area contributed by atoms with Crippen LogP contribution in [-0.4, -0.2) is 86.1 Å². The van der Waals surface area contributed by atoms with Gasteiger partial charge in [-0.15, -0.1) is 0 Å². The molecule has 1 aliphatic carbocycles. The third kappa shape index (κ3) is 5.73. The Bertz CT molecular complexity index is 781. The third-order valence-corrected chi connectivity index (χ3v) is 5.46. The molecule has 0 bridgehead atoms. The molecular weight excluding hydrogens is 412 g/mol. The smallest absolute Gasteiger partial charge is 0.331 e. The van der Waals surface area contributed by atoms with E-state index in [0.717, 1.165) is 18.9 Å². The molecule has 7 atom stereocenters. The van der Waals surface area contributed by atoms with E-state index in [1.807, 2.05) is 0 Å². The molecule has 172 valence electrons. The summed E-state index contributed by atoms with van der Waals surface area (Å²) in [5.41, 5.74) is 0.409. The number of esters is 1. The van der Waals surface area contributed by atoms with Crippen LogP contribution < -0.4 is 0 Å². The van der Waals surface area contributed by atoms with Gasteiger partial charge in [0.1, 0.15) is 18.3 Å². The summed E-state index contributed by atoms with van der Waals surface area (Å²) in [6.45, 7) is -0.587. The molecule has 0 amide bonds. The highest BCUT2D eigenvalue weighted by Crippen LogP contribution is 2.30. The number of phenolic OH excluding ortho intramolecular Hbond substituents is 2. The molecule has 1 heterocycles. The molecule has 6 N–H and O–H groups in total. The fourth-order valence-electron chi connectivity index (χ4n) is 3.68. The Morgan fingerprint density at radius 2 is 1.84 bits per heavy atom. The third-order valence-electron chi connectivity index (χ3n) is 5.46. The molecular formula is C21H28O10. The highest BCUT2D eigenvalue weighted by molar-refractivity contribution is 5.87.